The van der Waals surface area contributed by atoms with Gasteiger partial charge < -0.3 is 9.15 Å². The molecule has 6 nitrogen and oxygen atoms in total. The van der Waals surface area contributed by atoms with Gasteiger partial charge in [0.05, 0.1) is 12.9 Å². The highest BCUT2D eigenvalue weighted by Crippen LogP contribution is 2.29. The lowest BCUT2D eigenvalue weighted by atomic mass is 10.2. The van der Waals surface area contributed by atoms with Crippen LogP contribution in [0.3, 0.4) is 0 Å². The quantitative estimate of drug-likeness (QED) is 0.734. The molecule has 0 bridgehead atoms. The second kappa shape index (κ2) is 5.51. The summed E-state index contributed by atoms with van der Waals surface area (Å²) in [7, 11) is 0. The molecule has 1 aromatic carbocycles. The Kier molecular flexibility index (Phi) is 3.39. The predicted molar refractivity (Wildman–Crippen MR) is 74.9 cm³/mol. The summed E-state index contributed by atoms with van der Waals surface area (Å²) >= 11 is 0. The van der Waals surface area contributed by atoms with E-state index in [0.717, 1.165) is 0 Å². The molecular formula is C15H12N4O2. The van der Waals surface area contributed by atoms with Crippen molar-refractivity contribution in [3.05, 3.63) is 48.4 Å². The summed E-state index contributed by atoms with van der Waals surface area (Å²) in [6.07, 6.45) is 1.54. The number of nitriles is 1. The number of rotatable bonds is 4. The van der Waals surface area contributed by atoms with E-state index in [0.29, 0.717) is 29.5 Å². The lowest BCUT2D eigenvalue weighted by Gasteiger charge is -2.10. The normalized spacial score (nSPS) is 10.3. The van der Waals surface area contributed by atoms with Crippen molar-refractivity contribution in [1.29, 1.82) is 5.26 Å². The number of nitrogens with zero attached hydrogens (tertiary/aromatic N) is 4. The molecule has 0 amide bonds. The van der Waals surface area contributed by atoms with Crippen molar-refractivity contribution in [2.24, 2.45) is 0 Å². The maximum atomic E-state index is 9.21. The standard InChI is InChI=1S/C15H12N4O2/c1-2-20-13-7-4-3-6-12(13)19-15(11(10-16)17-18-19)14-8-5-9-21-14/h3-9H,2H2,1H3. The number of furan rings is 1. The number of aromatic nitrogens is 3. The topological polar surface area (TPSA) is 76.9 Å². The van der Waals surface area contributed by atoms with Crippen LogP contribution in [-0.2, 0) is 0 Å². The average Bonchev–Trinajstić information content (AvgIpc) is 3.16. The minimum absolute atomic E-state index is 0.205. The minimum atomic E-state index is 0.205. The smallest absolute Gasteiger partial charge is 0.194 e. The summed E-state index contributed by atoms with van der Waals surface area (Å²) in [6.45, 7) is 2.44. The van der Waals surface area contributed by atoms with Gasteiger partial charge in [0.25, 0.3) is 0 Å². The first-order valence-corrected chi connectivity index (χ1v) is 6.47. The number of hydrogen-bond donors (Lipinski definition) is 0. The molecule has 0 saturated heterocycles. The third-order valence-corrected chi connectivity index (χ3v) is 2.92. The highest BCUT2D eigenvalue weighted by atomic mass is 16.5. The monoisotopic (exact) mass is 280 g/mol. The van der Waals surface area contributed by atoms with Gasteiger partial charge in [-0.05, 0) is 31.2 Å². The van der Waals surface area contributed by atoms with E-state index in [-0.39, 0.29) is 5.69 Å². The summed E-state index contributed by atoms with van der Waals surface area (Å²) in [6, 6.07) is 13.0. The van der Waals surface area contributed by atoms with Crippen molar-refractivity contribution < 1.29 is 9.15 Å². The summed E-state index contributed by atoms with van der Waals surface area (Å²) in [5.41, 5.74) is 1.42. The molecule has 0 fully saturated rings. The fourth-order valence-electron chi connectivity index (χ4n) is 2.07. The van der Waals surface area contributed by atoms with Gasteiger partial charge in [0.15, 0.2) is 11.5 Å². The minimum Gasteiger partial charge on any atom is -0.492 e. The van der Waals surface area contributed by atoms with E-state index in [4.69, 9.17) is 9.15 Å². The van der Waals surface area contributed by atoms with Crippen molar-refractivity contribution in [2.45, 2.75) is 6.92 Å². The Morgan fingerprint density at radius 1 is 1.29 bits per heavy atom. The molecule has 0 saturated carbocycles. The summed E-state index contributed by atoms with van der Waals surface area (Å²) in [4.78, 5) is 0. The van der Waals surface area contributed by atoms with Gasteiger partial charge in [-0.2, -0.15) is 5.26 Å². The second-order valence-corrected chi connectivity index (χ2v) is 4.19. The van der Waals surface area contributed by atoms with Crippen LogP contribution in [-0.4, -0.2) is 21.6 Å². The van der Waals surface area contributed by atoms with Crippen molar-refractivity contribution in [1.82, 2.24) is 15.0 Å². The first-order valence-electron chi connectivity index (χ1n) is 6.47. The molecule has 0 atom stereocenters. The molecule has 2 heterocycles. The lowest BCUT2D eigenvalue weighted by Crippen LogP contribution is -2.03. The van der Waals surface area contributed by atoms with Crippen LogP contribution in [0.2, 0.25) is 0 Å². The van der Waals surface area contributed by atoms with Gasteiger partial charge in [0.1, 0.15) is 23.2 Å². The van der Waals surface area contributed by atoms with E-state index in [1.807, 2.05) is 37.3 Å². The van der Waals surface area contributed by atoms with Crippen LogP contribution in [0.25, 0.3) is 17.1 Å². The van der Waals surface area contributed by atoms with Crippen LogP contribution in [0.1, 0.15) is 12.6 Å². The van der Waals surface area contributed by atoms with Crippen LogP contribution in [0, 0.1) is 11.3 Å². The second-order valence-electron chi connectivity index (χ2n) is 4.19. The van der Waals surface area contributed by atoms with Gasteiger partial charge in [-0.25, -0.2) is 4.68 Å². The van der Waals surface area contributed by atoms with Crippen LogP contribution in [0.4, 0.5) is 0 Å². The number of ether oxygens (including phenoxy) is 1. The molecule has 0 aliphatic carbocycles. The van der Waals surface area contributed by atoms with Crippen molar-refractivity contribution >= 4 is 0 Å². The van der Waals surface area contributed by atoms with Crippen molar-refractivity contribution in [3.8, 4) is 29.0 Å². The van der Waals surface area contributed by atoms with E-state index in [2.05, 4.69) is 10.3 Å². The van der Waals surface area contributed by atoms with Crippen LogP contribution < -0.4 is 4.74 Å². The molecule has 0 N–H and O–H groups in total. The molecule has 104 valence electrons. The Balaban J connectivity index is 2.21. The molecule has 0 unspecified atom stereocenters. The fraction of sp³-hybridized carbons (Fsp3) is 0.133. The molecule has 0 aliphatic heterocycles. The van der Waals surface area contributed by atoms with Crippen LogP contribution in [0.5, 0.6) is 5.75 Å². The molecule has 6 heteroatoms. The third-order valence-electron chi connectivity index (χ3n) is 2.92. The number of hydrogen-bond acceptors (Lipinski definition) is 5. The van der Waals surface area contributed by atoms with E-state index < -0.39 is 0 Å². The Hall–Kier alpha value is -3.07. The Labute approximate surface area is 121 Å². The van der Waals surface area contributed by atoms with E-state index in [9.17, 15) is 5.26 Å². The van der Waals surface area contributed by atoms with Crippen LogP contribution >= 0.6 is 0 Å². The van der Waals surface area contributed by atoms with Crippen molar-refractivity contribution in [3.63, 3.8) is 0 Å². The zero-order valence-electron chi connectivity index (χ0n) is 11.4. The van der Waals surface area contributed by atoms with E-state index in [1.54, 1.807) is 23.1 Å². The highest BCUT2D eigenvalue weighted by Gasteiger charge is 2.20. The molecule has 0 aliphatic rings. The molecule has 3 aromatic rings. The maximum Gasteiger partial charge on any atom is 0.194 e. The third kappa shape index (κ3) is 2.25. The van der Waals surface area contributed by atoms with E-state index >= 15 is 0 Å². The predicted octanol–water partition coefficient (Wildman–Crippen LogP) is 2.80. The van der Waals surface area contributed by atoms with Gasteiger partial charge in [-0.3, -0.25) is 0 Å². The molecule has 2 aromatic heterocycles. The summed E-state index contributed by atoms with van der Waals surface area (Å²) in [5, 5.41) is 17.2. The van der Waals surface area contributed by atoms with Crippen molar-refractivity contribution in [2.75, 3.05) is 6.61 Å². The fourth-order valence-corrected chi connectivity index (χ4v) is 2.07. The molecular weight excluding hydrogens is 268 g/mol. The van der Waals surface area contributed by atoms with Gasteiger partial charge >= 0.3 is 0 Å². The van der Waals surface area contributed by atoms with Gasteiger partial charge in [0.2, 0.25) is 0 Å². The maximum absolute atomic E-state index is 9.21. The van der Waals surface area contributed by atoms with Gasteiger partial charge in [0, 0.05) is 0 Å². The molecule has 3 rings (SSSR count). The zero-order chi connectivity index (χ0) is 14.7. The first-order chi connectivity index (χ1) is 10.3. The molecule has 0 radical (unpaired) electrons. The number of para-hydroxylation sites is 2. The summed E-state index contributed by atoms with van der Waals surface area (Å²) in [5.74, 6) is 1.20. The SMILES string of the molecule is CCOc1ccccc1-n1nnc(C#N)c1-c1ccco1. The zero-order valence-corrected chi connectivity index (χ0v) is 11.4. The largest absolute Gasteiger partial charge is 0.492 e. The van der Waals surface area contributed by atoms with E-state index in [1.165, 1.54) is 0 Å². The highest BCUT2D eigenvalue weighted by molar-refractivity contribution is 5.63. The Morgan fingerprint density at radius 3 is 2.86 bits per heavy atom. The summed E-state index contributed by atoms with van der Waals surface area (Å²) < 4.78 is 12.6. The average molecular weight is 280 g/mol. The van der Waals surface area contributed by atoms with Gasteiger partial charge in [-0.1, -0.05) is 17.3 Å². The Bertz CT molecular complexity index is 784. The molecule has 0 spiro atoms. The first kappa shape index (κ1) is 12.9. The van der Waals surface area contributed by atoms with Crippen LogP contribution in [0.15, 0.2) is 47.1 Å². The Morgan fingerprint density at radius 2 is 2.14 bits per heavy atom. The molecule has 21 heavy (non-hydrogen) atoms. The lowest BCUT2D eigenvalue weighted by molar-refractivity contribution is 0.338. The number of benzene rings is 1. The van der Waals surface area contributed by atoms with Gasteiger partial charge in [-0.15, -0.1) is 5.10 Å².